The summed E-state index contributed by atoms with van der Waals surface area (Å²) in [6.45, 7) is 4.69. The molecule has 0 spiro atoms. The van der Waals surface area contributed by atoms with Crippen molar-refractivity contribution in [1.82, 2.24) is 10.2 Å². The van der Waals surface area contributed by atoms with Crippen LogP contribution in [0.2, 0.25) is 0 Å². The lowest BCUT2D eigenvalue weighted by molar-refractivity contribution is 0.207. The van der Waals surface area contributed by atoms with E-state index < -0.39 is 0 Å². The predicted molar refractivity (Wildman–Crippen MR) is 64.3 cm³/mol. The van der Waals surface area contributed by atoms with Gasteiger partial charge in [0.15, 0.2) is 0 Å². The Hall–Kier alpha value is -1.03. The molecule has 0 radical (unpaired) electrons. The Labute approximate surface area is 95.1 Å². The van der Waals surface area contributed by atoms with Crippen LogP contribution in [-0.4, -0.2) is 30.6 Å². The molecule has 1 N–H and O–H groups in total. The molecular formula is C11H18N2OS. The van der Waals surface area contributed by atoms with Crippen LogP contribution in [0.25, 0.3) is 0 Å². The van der Waals surface area contributed by atoms with Gasteiger partial charge in [0.05, 0.1) is 0 Å². The van der Waals surface area contributed by atoms with Crippen molar-refractivity contribution in [3.05, 3.63) is 22.4 Å². The first-order chi connectivity index (χ1) is 7.09. The lowest BCUT2D eigenvalue weighted by Gasteiger charge is -2.19. The molecular weight excluding hydrogens is 208 g/mol. The van der Waals surface area contributed by atoms with Crippen LogP contribution in [0.15, 0.2) is 17.5 Å². The fourth-order valence-electron chi connectivity index (χ4n) is 1.19. The Morgan fingerprint density at radius 3 is 2.87 bits per heavy atom. The monoisotopic (exact) mass is 226 g/mol. The Morgan fingerprint density at radius 1 is 1.60 bits per heavy atom. The molecule has 0 unspecified atom stereocenters. The summed E-state index contributed by atoms with van der Waals surface area (Å²) in [5.74, 6) is 0. The molecule has 84 valence electrons. The second-order valence-corrected chi connectivity index (χ2v) is 4.89. The average Bonchev–Trinajstić information content (AvgIpc) is 2.65. The lowest BCUT2D eigenvalue weighted by atomic mass is 10.3. The first-order valence-electron chi connectivity index (χ1n) is 5.13. The molecule has 15 heavy (non-hydrogen) atoms. The summed E-state index contributed by atoms with van der Waals surface area (Å²) >= 11 is 1.73. The smallest absolute Gasteiger partial charge is 0.317 e. The number of nitrogens with zero attached hydrogens (tertiary/aromatic N) is 1. The number of thiophene rings is 1. The summed E-state index contributed by atoms with van der Waals surface area (Å²) in [6.07, 6.45) is 0.930. The van der Waals surface area contributed by atoms with Crippen molar-refractivity contribution in [2.75, 3.05) is 13.6 Å². The fraction of sp³-hybridized carbons (Fsp3) is 0.545. The second-order valence-electron chi connectivity index (χ2n) is 3.86. The molecule has 1 heterocycles. The zero-order valence-corrected chi connectivity index (χ0v) is 10.3. The van der Waals surface area contributed by atoms with Crippen LogP contribution in [0, 0.1) is 0 Å². The molecule has 2 amide bonds. The maximum Gasteiger partial charge on any atom is 0.317 e. The first-order valence-corrected chi connectivity index (χ1v) is 6.01. The van der Waals surface area contributed by atoms with Crippen molar-refractivity contribution in [2.45, 2.75) is 26.3 Å². The summed E-state index contributed by atoms with van der Waals surface area (Å²) in [7, 11) is 1.82. The van der Waals surface area contributed by atoms with E-state index in [4.69, 9.17) is 0 Å². The van der Waals surface area contributed by atoms with Crippen LogP contribution in [-0.2, 0) is 6.42 Å². The number of likely N-dealkylation sites (N-methyl/N-ethyl adjacent to an activating group) is 1. The molecule has 1 rings (SSSR count). The summed E-state index contributed by atoms with van der Waals surface area (Å²) in [5.41, 5.74) is 0. The van der Waals surface area contributed by atoms with Gasteiger partial charge in [-0.1, -0.05) is 6.07 Å². The van der Waals surface area contributed by atoms with Gasteiger partial charge in [-0.05, 0) is 31.7 Å². The molecule has 0 aromatic carbocycles. The second kappa shape index (κ2) is 5.75. The Morgan fingerprint density at radius 2 is 2.33 bits per heavy atom. The molecule has 0 atom stereocenters. The van der Waals surface area contributed by atoms with Gasteiger partial charge < -0.3 is 10.2 Å². The van der Waals surface area contributed by atoms with Crippen LogP contribution < -0.4 is 5.32 Å². The number of hydrogen-bond acceptors (Lipinski definition) is 2. The van der Waals surface area contributed by atoms with E-state index in [0.717, 1.165) is 13.0 Å². The van der Waals surface area contributed by atoms with E-state index in [1.54, 1.807) is 16.2 Å². The highest BCUT2D eigenvalue weighted by molar-refractivity contribution is 7.09. The SMILES string of the molecule is CC(C)NC(=O)N(C)CCc1cccs1. The highest BCUT2D eigenvalue weighted by atomic mass is 32.1. The van der Waals surface area contributed by atoms with Crippen molar-refractivity contribution >= 4 is 17.4 Å². The maximum absolute atomic E-state index is 11.5. The maximum atomic E-state index is 11.5. The van der Waals surface area contributed by atoms with Crippen LogP contribution in [0.5, 0.6) is 0 Å². The standard InChI is InChI=1S/C11H18N2OS/c1-9(2)12-11(14)13(3)7-6-10-5-4-8-15-10/h4-5,8-9H,6-7H2,1-3H3,(H,12,14). The predicted octanol–water partition coefficient (Wildman–Crippen LogP) is 2.34. The van der Waals surface area contributed by atoms with E-state index in [-0.39, 0.29) is 12.1 Å². The topological polar surface area (TPSA) is 32.3 Å². The van der Waals surface area contributed by atoms with Crippen LogP contribution >= 0.6 is 11.3 Å². The van der Waals surface area contributed by atoms with Crippen LogP contribution in [0.1, 0.15) is 18.7 Å². The summed E-state index contributed by atoms with van der Waals surface area (Å²) in [4.78, 5) is 14.6. The van der Waals surface area contributed by atoms with Gasteiger partial charge in [0.1, 0.15) is 0 Å². The summed E-state index contributed by atoms with van der Waals surface area (Å²) in [6, 6.07) is 4.33. The fourth-order valence-corrected chi connectivity index (χ4v) is 1.89. The molecule has 3 nitrogen and oxygen atoms in total. The molecule has 4 heteroatoms. The van der Waals surface area contributed by atoms with Crippen molar-refractivity contribution < 1.29 is 4.79 Å². The van der Waals surface area contributed by atoms with Crippen molar-refractivity contribution in [3.63, 3.8) is 0 Å². The van der Waals surface area contributed by atoms with Gasteiger partial charge in [-0.3, -0.25) is 0 Å². The van der Waals surface area contributed by atoms with Gasteiger partial charge >= 0.3 is 6.03 Å². The van der Waals surface area contributed by atoms with Gasteiger partial charge in [-0.15, -0.1) is 11.3 Å². The third-order valence-electron chi connectivity index (χ3n) is 2.03. The molecule has 0 aliphatic heterocycles. The largest absolute Gasteiger partial charge is 0.336 e. The molecule has 0 saturated carbocycles. The third kappa shape index (κ3) is 4.34. The van der Waals surface area contributed by atoms with Gasteiger partial charge in [-0.25, -0.2) is 4.79 Å². The highest BCUT2D eigenvalue weighted by Crippen LogP contribution is 2.09. The number of amides is 2. The number of hydrogen-bond donors (Lipinski definition) is 1. The first kappa shape index (κ1) is 12.0. The van der Waals surface area contributed by atoms with Gasteiger partial charge in [0.25, 0.3) is 0 Å². The zero-order valence-electron chi connectivity index (χ0n) is 9.49. The summed E-state index contributed by atoms with van der Waals surface area (Å²) in [5, 5.41) is 4.92. The van der Waals surface area contributed by atoms with E-state index in [2.05, 4.69) is 16.8 Å². The minimum absolute atomic E-state index is 0.00144. The molecule has 0 bridgehead atoms. The highest BCUT2D eigenvalue weighted by Gasteiger charge is 2.08. The molecule has 0 aliphatic carbocycles. The minimum Gasteiger partial charge on any atom is -0.336 e. The average molecular weight is 226 g/mol. The normalized spacial score (nSPS) is 10.4. The van der Waals surface area contributed by atoms with Crippen molar-refractivity contribution in [1.29, 1.82) is 0 Å². The quantitative estimate of drug-likeness (QED) is 0.839. The Kier molecular flexibility index (Phi) is 4.62. The van der Waals surface area contributed by atoms with E-state index in [1.807, 2.05) is 27.0 Å². The van der Waals surface area contributed by atoms with Gasteiger partial charge in [0.2, 0.25) is 0 Å². The zero-order chi connectivity index (χ0) is 11.3. The summed E-state index contributed by atoms with van der Waals surface area (Å²) < 4.78 is 0. The molecule has 0 aliphatic rings. The molecule has 0 saturated heterocycles. The van der Waals surface area contributed by atoms with E-state index in [9.17, 15) is 4.79 Å². The number of rotatable bonds is 4. The van der Waals surface area contributed by atoms with Crippen molar-refractivity contribution in [3.8, 4) is 0 Å². The van der Waals surface area contributed by atoms with Crippen LogP contribution in [0.3, 0.4) is 0 Å². The Bertz CT molecular complexity index is 296. The lowest BCUT2D eigenvalue weighted by Crippen LogP contribution is -2.41. The number of nitrogens with one attached hydrogen (secondary N) is 1. The molecule has 1 aromatic heterocycles. The Balaban J connectivity index is 2.29. The van der Waals surface area contributed by atoms with Gasteiger partial charge in [-0.2, -0.15) is 0 Å². The van der Waals surface area contributed by atoms with Gasteiger partial charge in [0, 0.05) is 24.5 Å². The van der Waals surface area contributed by atoms with E-state index in [0.29, 0.717) is 0 Å². The van der Waals surface area contributed by atoms with E-state index in [1.165, 1.54) is 4.88 Å². The van der Waals surface area contributed by atoms with Crippen molar-refractivity contribution in [2.24, 2.45) is 0 Å². The molecule has 1 aromatic rings. The minimum atomic E-state index is 0.00144. The number of carbonyl (C=O) groups excluding carboxylic acids is 1. The third-order valence-corrected chi connectivity index (χ3v) is 2.97. The van der Waals surface area contributed by atoms with Crippen LogP contribution in [0.4, 0.5) is 4.79 Å². The number of carbonyl (C=O) groups is 1. The van der Waals surface area contributed by atoms with E-state index >= 15 is 0 Å². The number of urea groups is 1. The molecule has 0 fully saturated rings.